The van der Waals surface area contributed by atoms with Crippen molar-refractivity contribution in [3.05, 3.63) is 71.4 Å². The summed E-state index contributed by atoms with van der Waals surface area (Å²) in [6, 6.07) is 18.3. The second kappa shape index (κ2) is 10.3. The molecule has 29 heavy (non-hydrogen) atoms. The number of hydrogen-bond acceptors (Lipinski definition) is 6. The number of methoxy groups -OCH3 is 2. The normalized spacial score (nSPS) is 10.4. The molecule has 0 saturated heterocycles. The molecule has 2 aromatic carbocycles. The second-order valence-corrected chi connectivity index (χ2v) is 6.78. The summed E-state index contributed by atoms with van der Waals surface area (Å²) in [5, 5.41) is 6.69. The number of rotatable bonds is 10. The van der Waals surface area contributed by atoms with Crippen molar-refractivity contribution in [3.63, 3.8) is 0 Å². The first-order chi connectivity index (χ1) is 14.2. The van der Waals surface area contributed by atoms with E-state index in [2.05, 4.69) is 44.9 Å². The summed E-state index contributed by atoms with van der Waals surface area (Å²) in [6.07, 6.45) is 2.09. The standard InChI is InChI=1S/C23H28N4O2/c1-17-14-22(24-13-7-10-18-8-5-4-6-9-18)27-23(26-17)25-16-19-11-12-20(28-2)21(15-19)29-3/h4-6,8-9,11-12,14-15H,7,10,13,16H2,1-3H3,(H2,24,25,26,27). The average molecular weight is 393 g/mol. The van der Waals surface area contributed by atoms with Gasteiger partial charge in [0.25, 0.3) is 0 Å². The maximum atomic E-state index is 5.36. The number of ether oxygens (including phenoxy) is 2. The van der Waals surface area contributed by atoms with Gasteiger partial charge in [-0.05, 0) is 43.0 Å². The number of nitrogens with zero attached hydrogens (tertiary/aromatic N) is 2. The minimum atomic E-state index is 0.594. The average Bonchev–Trinajstić information content (AvgIpc) is 2.75. The fourth-order valence-corrected chi connectivity index (χ4v) is 3.06. The van der Waals surface area contributed by atoms with Crippen molar-refractivity contribution in [1.29, 1.82) is 0 Å². The lowest BCUT2D eigenvalue weighted by Gasteiger charge is -2.12. The van der Waals surface area contributed by atoms with Gasteiger partial charge in [-0.25, -0.2) is 4.98 Å². The van der Waals surface area contributed by atoms with Crippen molar-refractivity contribution in [2.75, 3.05) is 31.4 Å². The van der Waals surface area contributed by atoms with E-state index >= 15 is 0 Å². The first-order valence-corrected chi connectivity index (χ1v) is 9.76. The van der Waals surface area contributed by atoms with Crippen molar-refractivity contribution >= 4 is 11.8 Å². The lowest BCUT2D eigenvalue weighted by Crippen LogP contribution is -2.09. The van der Waals surface area contributed by atoms with Crippen LogP contribution >= 0.6 is 0 Å². The molecular formula is C23H28N4O2. The zero-order chi connectivity index (χ0) is 20.5. The Hall–Kier alpha value is -3.28. The largest absolute Gasteiger partial charge is 0.493 e. The molecule has 0 fully saturated rings. The Morgan fingerprint density at radius 3 is 2.38 bits per heavy atom. The highest BCUT2D eigenvalue weighted by Crippen LogP contribution is 2.27. The van der Waals surface area contributed by atoms with Crippen LogP contribution in [0.2, 0.25) is 0 Å². The Kier molecular flexibility index (Phi) is 7.28. The molecule has 0 spiro atoms. The molecule has 1 aromatic heterocycles. The van der Waals surface area contributed by atoms with Crippen molar-refractivity contribution in [3.8, 4) is 11.5 Å². The molecule has 0 amide bonds. The topological polar surface area (TPSA) is 68.3 Å². The zero-order valence-electron chi connectivity index (χ0n) is 17.2. The van der Waals surface area contributed by atoms with E-state index in [1.165, 1.54) is 5.56 Å². The van der Waals surface area contributed by atoms with Gasteiger partial charge >= 0.3 is 0 Å². The summed E-state index contributed by atoms with van der Waals surface area (Å²) >= 11 is 0. The Bertz CT molecular complexity index is 916. The van der Waals surface area contributed by atoms with E-state index in [4.69, 9.17) is 9.47 Å². The van der Waals surface area contributed by atoms with E-state index in [0.29, 0.717) is 24.0 Å². The molecular weight excluding hydrogens is 364 g/mol. The fraction of sp³-hybridized carbons (Fsp3) is 0.304. The monoisotopic (exact) mass is 392 g/mol. The second-order valence-electron chi connectivity index (χ2n) is 6.78. The molecule has 6 heteroatoms. The van der Waals surface area contributed by atoms with Crippen molar-refractivity contribution < 1.29 is 9.47 Å². The van der Waals surface area contributed by atoms with Crippen LogP contribution in [0.5, 0.6) is 11.5 Å². The summed E-state index contributed by atoms with van der Waals surface area (Å²) in [5.74, 6) is 2.86. The highest BCUT2D eigenvalue weighted by atomic mass is 16.5. The Morgan fingerprint density at radius 1 is 0.828 bits per heavy atom. The lowest BCUT2D eigenvalue weighted by molar-refractivity contribution is 0.354. The third-order valence-corrected chi connectivity index (χ3v) is 4.54. The lowest BCUT2D eigenvalue weighted by atomic mass is 10.1. The molecule has 0 bridgehead atoms. The summed E-state index contributed by atoms with van der Waals surface area (Å²) in [4.78, 5) is 9.06. The molecule has 2 N–H and O–H groups in total. The smallest absolute Gasteiger partial charge is 0.225 e. The molecule has 0 atom stereocenters. The quantitative estimate of drug-likeness (QED) is 0.497. The van der Waals surface area contributed by atoms with Gasteiger partial charge in [-0.15, -0.1) is 0 Å². The SMILES string of the molecule is COc1ccc(CNc2nc(C)cc(NCCCc3ccccc3)n2)cc1OC. The van der Waals surface area contributed by atoms with Crippen molar-refractivity contribution in [2.24, 2.45) is 0 Å². The van der Waals surface area contributed by atoms with E-state index in [-0.39, 0.29) is 0 Å². The number of benzene rings is 2. The van der Waals surface area contributed by atoms with Crippen LogP contribution < -0.4 is 20.1 Å². The van der Waals surface area contributed by atoms with Crippen molar-refractivity contribution in [1.82, 2.24) is 9.97 Å². The first-order valence-electron chi connectivity index (χ1n) is 9.76. The zero-order valence-corrected chi connectivity index (χ0v) is 17.2. The molecule has 0 radical (unpaired) electrons. The molecule has 0 aliphatic rings. The number of aromatic nitrogens is 2. The summed E-state index contributed by atoms with van der Waals surface area (Å²) in [7, 11) is 3.26. The van der Waals surface area contributed by atoms with E-state index in [9.17, 15) is 0 Å². The third-order valence-electron chi connectivity index (χ3n) is 4.54. The van der Waals surface area contributed by atoms with Crippen LogP contribution in [0.4, 0.5) is 11.8 Å². The molecule has 0 aliphatic heterocycles. The van der Waals surface area contributed by atoms with Crippen LogP contribution in [0, 0.1) is 6.92 Å². The van der Waals surface area contributed by atoms with Gasteiger partial charge in [-0.2, -0.15) is 4.98 Å². The Labute approximate surface area is 172 Å². The molecule has 3 rings (SSSR count). The van der Waals surface area contributed by atoms with Gasteiger partial charge < -0.3 is 20.1 Å². The Morgan fingerprint density at radius 2 is 1.62 bits per heavy atom. The van der Waals surface area contributed by atoms with E-state index in [0.717, 1.165) is 36.5 Å². The van der Waals surface area contributed by atoms with Gasteiger partial charge in [0.1, 0.15) is 5.82 Å². The molecule has 0 aliphatic carbocycles. The minimum Gasteiger partial charge on any atom is -0.493 e. The number of anilines is 2. The van der Waals surface area contributed by atoms with Gasteiger partial charge in [0.2, 0.25) is 5.95 Å². The molecule has 1 heterocycles. The summed E-state index contributed by atoms with van der Waals surface area (Å²) < 4.78 is 10.6. The van der Waals surface area contributed by atoms with E-state index in [1.54, 1.807) is 14.2 Å². The van der Waals surface area contributed by atoms with Gasteiger partial charge in [-0.1, -0.05) is 36.4 Å². The van der Waals surface area contributed by atoms with Gasteiger partial charge in [0.15, 0.2) is 11.5 Å². The molecule has 0 saturated carbocycles. The number of nitrogens with one attached hydrogen (secondary N) is 2. The Balaban J connectivity index is 1.54. The van der Waals surface area contributed by atoms with Crippen LogP contribution in [0.1, 0.15) is 23.2 Å². The van der Waals surface area contributed by atoms with Crippen LogP contribution in [0.25, 0.3) is 0 Å². The minimum absolute atomic E-state index is 0.594. The third kappa shape index (κ3) is 6.10. The van der Waals surface area contributed by atoms with Crippen LogP contribution in [-0.4, -0.2) is 30.7 Å². The van der Waals surface area contributed by atoms with Crippen LogP contribution in [-0.2, 0) is 13.0 Å². The number of hydrogen-bond donors (Lipinski definition) is 2. The first kappa shape index (κ1) is 20.5. The van der Waals surface area contributed by atoms with Crippen LogP contribution in [0.3, 0.4) is 0 Å². The molecule has 3 aromatic rings. The molecule has 152 valence electrons. The maximum Gasteiger partial charge on any atom is 0.225 e. The highest BCUT2D eigenvalue weighted by Gasteiger charge is 2.06. The maximum absolute atomic E-state index is 5.36. The predicted molar refractivity (Wildman–Crippen MR) is 117 cm³/mol. The molecule has 6 nitrogen and oxygen atoms in total. The van der Waals surface area contributed by atoms with Gasteiger partial charge in [0, 0.05) is 24.8 Å². The summed E-state index contributed by atoms with van der Waals surface area (Å²) in [5.41, 5.74) is 3.33. The van der Waals surface area contributed by atoms with E-state index in [1.807, 2.05) is 37.3 Å². The van der Waals surface area contributed by atoms with Gasteiger partial charge in [-0.3, -0.25) is 0 Å². The predicted octanol–water partition coefficient (Wildman–Crippen LogP) is 4.46. The van der Waals surface area contributed by atoms with Crippen molar-refractivity contribution in [2.45, 2.75) is 26.3 Å². The molecule has 0 unspecified atom stereocenters. The van der Waals surface area contributed by atoms with Crippen LogP contribution in [0.15, 0.2) is 54.6 Å². The van der Waals surface area contributed by atoms with Gasteiger partial charge in [0.05, 0.1) is 14.2 Å². The fourth-order valence-electron chi connectivity index (χ4n) is 3.06. The van der Waals surface area contributed by atoms with E-state index < -0.39 is 0 Å². The number of aryl methyl sites for hydroxylation is 2. The highest BCUT2D eigenvalue weighted by molar-refractivity contribution is 5.45. The summed E-state index contributed by atoms with van der Waals surface area (Å²) in [6.45, 7) is 3.43.